The predicted octanol–water partition coefficient (Wildman–Crippen LogP) is 7.58. The van der Waals surface area contributed by atoms with Crippen molar-refractivity contribution in [1.29, 1.82) is 0 Å². The quantitative estimate of drug-likeness (QED) is 0.0678. The molecule has 0 aromatic rings. The lowest BCUT2D eigenvalue weighted by molar-refractivity contribution is -0.916. The van der Waals surface area contributed by atoms with Gasteiger partial charge in [-0.2, -0.15) is 0 Å². The van der Waals surface area contributed by atoms with E-state index in [0.29, 0.717) is 4.48 Å². The van der Waals surface area contributed by atoms with Gasteiger partial charge in [-0.1, -0.05) is 110 Å². The van der Waals surface area contributed by atoms with Crippen LogP contribution >= 0.6 is 7.82 Å². The van der Waals surface area contributed by atoms with E-state index in [0.717, 1.165) is 44.9 Å². The number of nitrogens with zero attached hydrogens (tertiary/aromatic N) is 1. The summed E-state index contributed by atoms with van der Waals surface area (Å²) in [4.78, 5) is 12.2. The van der Waals surface area contributed by atoms with E-state index in [-0.39, 0.29) is 12.8 Å². The number of phosphoric acid groups is 1. The highest BCUT2D eigenvalue weighted by molar-refractivity contribution is 7.45. The molecular formula is C25H54NO4P. The van der Waals surface area contributed by atoms with Gasteiger partial charge in [0.2, 0.25) is 0 Å². The first-order chi connectivity index (χ1) is 14.7. The molecule has 0 saturated carbocycles. The summed E-state index contributed by atoms with van der Waals surface area (Å²) < 4.78 is 23.2. The van der Waals surface area contributed by atoms with E-state index in [1.165, 1.54) is 70.6 Å². The zero-order valence-corrected chi connectivity index (χ0v) is 22.4. The molecule has 0 aliphatic heterocycles. The molecule has 0 bridgehead atoms. The maximum Gasteiger partial charge on any atom is 0.272 e. The first-order valence-corrected chi connectivity index (χ1v) is 14.6. The smallest absolute Gasteiger partial charge is 0.272 e. The van der Waals surface area contributed by atoms with Gasteiger partial charge >= 0.3 is 0 Å². The van der Waals surface area contributed by atoms with Crippen LogP contribution in [-0.2, 0) is 13.6 Å². The Hall–Kier alpha value is 0.0700. The van der Waals surface area contributed by atoms with Gasteiger partial charge in [-0.25, -0.2) is 0 Å². The molecule has 6 heteroatoms. The third-order valence-electron chi connectivity index (χ3n) is 5.92. The van der Waals surface area contributed by atoms with Gasteiger partial charge in [-0.05, 0) is 12.8 Å². The summed E-state index contributed by atoms with van der Waals surface area (Å²) in [6.07, 6.45) is 21.4. The number of hydrogen-bond acceptors (Lipinski definition) is 4. The fourth-order valence-electron chi connectivity index (χ4n) is 3.80. The van der Waals surface area contributed by atoms with Crippen LogP contribution < -0.4 is 4.89 Å². The van der Waals surface area contributed by atoms with Gasteiger partial charge in [-0.15, -0.1) is 0 Å². The molecule has 0 aliphatic carbocycles. The topological polar surface area (TPSA) is 58.6 Å². The molecule has 2 atom stereocenters. The van der Waals surface area contributed by atoms with E-state index >= 15 is 0 Å². The van der Waals surface area contributed by atoms with Crippen LogP contribution in [0.1, 0.15) is 129 Å². The van der Waals surface area contributed by atoms with E-state index in [9.17, 15) is 9.46 Å². The lowest BCUT2D eigenvalue weighted by Crippen LogP contribution is -2.46. The standard InChI is InChI=1S/C25H54NO4P/c1-6-8-10-11-12-13-14-15-16-17-18-19-20-22-24-29-31(27,28)30-25(26(3,4)5)23-21-9-7-2/h25H,6-24H2,1-5H3. The van der Waals surface area contributed by atoms with Crippen LogP contribution in [0.3, 0.4) is 0 Å². The number of phosphoric ester groups is 1. The molecule has 0 N–H and O–H groups in total. The number of hydrogen-bond donors (Lipinski definition) is 0. The molecule has 0 amide bonds. The fraction of sp³-hybridized carbons (Fsp3) is 1.00. The van der Waals surface area contributed by atoms with Crippen molar-refractivity contribution in [3.05, 3.63) is 0 Å². The summed E-state index contributed by atoms with van der Waals surface area (Å²) in [6, 6.07) is 0. The maximum atomic E-state index is 12.2. The van der Waals surface area contributed by atoms with Crippen LogP contribution in [-0.4, -0.2) is 38.5 Å². The Kier molecular flexibility index (Phi) is 19.6. The Balaban J connectivity index is 3.70. The van der Waals surface area contributed by atoms with Crippen molar-refractivity contribution < 1.29 is 23.0 Å². The van der Waals surface area contributed by atoms with Gasteiger partial charge in [0.15, 0.2) is 6.23 Å². The van der Waals surface area contributed by atoms with E-state index in [2.05, 4.69) is 13.8 Å². The van der Waals surface area contributed by atoms with Crippen LogP contribution in [0.15, 0.2) is 0 Å². The van der Waals surface area contributed by atoms with E-state index in [1.54, 1.807) is 0 Å². The molecule has 0 saturated heterocycles. The van der Waals surface area contributed by atoms with Gasteiger partial charge in [0, 0.05) is 6.42 Å². The summed E-state index contributed by atoms with van der Waals surface area (Å²) >= 11 is 0. The third kappa shape index (κ3) is 20.4. The van der Waals surface area contributed by atoms with E-state index < -0.39 is 7.82 Å². The Morgan fingerprint density at radius 2 is 1.06 bits per heavy atom. The SMILES string of the molecule is CCCCCCCCCCCCCCCCOP(=O)([O-])OC(CCCCC)[N+](C)(C)C. The summed E-state index contributed by atoms with van der Waals surface area (Å²) in [5.74, 6) is 0. The zero-order valence-electron chi connectivity index (χ0n) is 21.5. The minimum atomic E-state index is -4.25. The first-order valence-electron chi connectivity index (χ1n) is 13.2. The molecule has 0 rings (SSSR count). The second-order valence-electron chi connectivity index (χ2n) is 10.0. The van der Waals surface area contributed by atoms with Gasteiger partial charge in [0.1, 0.15) is 0 Å². The molecule has 0 aliphatic rings. The second-order valence-corrected chi connectivity index (χ2v) is 11.4. The largest absolute Gasteiger partial charge is 0.756 e. The van der Waals surface area contributed by atoms with Gasteiger partial charge in [0.05, 0.1) is 27.7 Å². The number of rotatable bonds is 23. The molecular weight excluding hydrogens is 409 g/mol. The summed E-state index contributed by atoms with van der Waals surface area (Å²) in [6.45, 7) is 4.64. The van der Waals surface area contributed by atoms with Gasteiger partial charge in [0.25, 0.3) is 7.82 Å². The molecule has 0 aromatic heterocycles. The highest BCUT2D eigenvalue weighted by atomic mass is 31.2. The monoisotopic (exact) mass is 463 g/mol. The first kappa shape index (κ1) is 31.1. The molecule has 31 heavy (non-hydrogen) atoms. The van der Waals surface area contributed by atoms with Crippen LogP contribution in [0.4, 0.5) is 0 Å². The van der Waals surface area contributed by atoms with Crippen molar-refractivity contribution in [3.63, 3.8) is 0 Å². The summed E-state index contributed by atoms with van der Waals surface area (Å²) in [5.41, 5.74) is 0. The normalized spacial score (nSPS) is 15.2. The second kappa shape index (κ2) is 19.5. The van der Waals surface area contributed by atoms with Crippen LogP contribution in [0, 0.1) is 0 Å². The van der Waals surface area contributed by atoms with Crippen LogP contribution in [0.2, 0.25) is 0 Å². The number of quaternary nitrogens is 1. The van der Waals surface area contributed by atoms with E-state index in [1.807, 2.05) is 21.1 Å². The molecule has 188 valence electrons. The molecule has 5 nitrogen and oxygen atoms in total. The molecule has 0 fully saturated rings. The van der Waals surface area contributed by atoms with Crippen molar-refractivity contribution in [2.24, 2.45) is 0 Å². The van der Waals surface area contributed by atoms with Crippen LogP contribution in [0.5, 0.6) is 0 Å². The summed E-state index contributed by atoms with van der Waals surface area (Å²) in [5, 5.41) is 0. The van der Waals surface area contributed by atoms with Crippen molar-refractivity contribution in [3.8, 4) is 0 Å². The predicted molar refractivity (Wildman–Crippen MR) is 131 cm³/mol. The van der Waals surface area contributed by atoms with Gasteiger partial charge < -0.3 is 13.9 Å². The zero-order chi connectivity index (χ0) is 23.4. The Labute approximate surface area is 194 Å². The lowest BCUT2D eigenvalue weighted by Gasteiger charge is -2.37. The minimum absolute atomic E-state index is 0.234. The highest BCUT2D eigenvalue weighted by Crippen LogP contribution is 2.42. The van der Waals surface area contributed by atoms with Crippen molar-refractivity contribution in [2.75, 3.05) is 27.7 Å². The van der Waals surface area contributed by atoms with Crippen LogP contribution in [0.25, 0.3) is 0 Å². The van der Waals surface area contributed by atoms with E-state index in [4.69, 9.17) is 9.05 Å². The van der Waals surface area contributed by atoms with Gasteiger partial charge in [-0.3, -0.25) is 9.09 Å². The number of unbranched alkanes of at least 4 members (excludes halogenated alkanes) is 15. The van der Waals surface area contributed by atoms with Crippen molar-refractivity contribution >= 4 is 7.82 Å². The minimum Gasteiger partial charge on any atom is -0.756 e. The molecule has 0 spiro atoms. The van der Waals surface area contributed by atoms with Crippen molar-refractivity contribution in [2.45, 2.75) is 136 Å². The summed E-state index contributed by atoms with van der Waals surface area (Å²) in [7, 11) is 1.64. The fourth-order valence-corrected chi connectivity index (χ4v) is 4.90. The third-order valence-corrected chi connectivity index (χ3v) is 6.92. The molecule has 2 unspecified atom stereocenters. The molecule has 0 radical (unpaired) electrons. The Bertz CT molecular complexity index is 440. The molecule has 0 aromatic carbocycles. The highest BCUT2D eigenvalue weighted by Gasteiger charge is 2.28. The Morgan fingerprint density at radius 1 is 0.677 bits per heavy atom. The molecule has 0 heterocycles. The average Bonchev–Trinajstić information content (AvgIpc) is 2.69. The van der Waals surface area contributed by atoms with Crippen molar-refractivity contribution in [1.82, 2.24) is 0 Å². The lowest BCUT2D eigenvalue weighted by atomic mass is 10.0. The maximum absolute atomic E-state index is 12.2. The average molecular weight is 464 g/mol. The Morgan fingerprint density at radius 3 is 1.48 bits per heavy atom.